The number of thioether (sulfide) groups is 1. The lowest BCUT2D eigenvalue weighted by molar-refractivity contribution is -0.124. The molecule has 0 saturated carbocycles. The Morgan fingerprint density at radius 1 is 1.62 bits per heavy atom. The summed E-state index contributed by atoms with van der Waals surface area (Å²) in [6.07, 6.45) is 1.05. The summed E-state index contributed by atoms with van der Waals surface area (Å²) in [7, 11) is 4.02. The summed E-state index contributed by atoms with van der Waals surface area (Å²) in [5.41, 5.74) is 0. The van der Waals surface area contributed by atoms with Gasteiger partial charge in [-0.15, -0.1) is 0 Å². The quantitative estimate of drug-likeness (QED) is 0.717. The number of carbonyl (C=O) groups excluding carboxylic acids is 1. The fraction of sp³-hybridized carbons (Fsp3) is 0.889. The minimum atomic E-state index is 0.242. The van der Waals surface area contributed by atoms with Gasteiger partial charge in [-0.1, -0.05) is 0 Å². The van der Waals surface area contributed by atoms with Crippen LogP contribution in [0.1, 0.15) is 6.42 Å². The number of likely N-dealkylation sites (N-methyl/N-ethyl adjacent to an activating group) is 1. The third-order valence-corrected chi connectivity index (χ3v) is 3.32. The van der Waals surface area contributed by atoms with E-state index in [1.807, 2.05) is 25.9 Å². The van der Waals surface area contributed by atoms with Gasteiger partial charge in [-0.2, -0.15) is 11.8 Å². The van der Waals surface area contributed by atoms with Gasteiger partial charge in [0.25, 0.3) is 0 Å². The average Bonchev–Trinajstić information content (AvgIpc) is 2.55. The predicted molar refractivity (Wildman–Crippen MR) is 57.0 cm³/mol. The third-order valence-electron chi connectivity index (χ3n) is 2.16. The van der Waals surface area contributed by atoms with Crippen LogP contribution in [0.15, 0.2) is 0 Å². The first-order chi connectivity index (χ1) is 6.20. The standard InChI is InChI=1S/C9H18N2OS/c1-11(2)5-4-10-9(12)8-3-6-13-7-8/h8H,3-7H2,1-2H3,(H,10,12). The van der Waals surface area contributed by atoms with Crippen molar-refractivity contribution in [1.82, 2.24) is 10.2 Å². The molecule has 1 aliphatic rings. The van der Waals surface area contributed by atoms with Crippen LogP contribution in [0.3, 0.4) is 0 Å². The lowest BCUT2D eigenvalue weighted by Gasteiger charge is -2.12. The number of nitrogens with zero attached hydrogens (tertiary/aromatic N) is 1. The van der Waals surface area contributed by atoms with E-state index in [1.165, 1.54) is 0 Å². The molecule has 0 aromatic rings. The maximum absolute atomic E-state index is 11.5. The summed E-state index contributed by atoms with van der Waals surface area (Å²) in [6, 6.07) is 0. The van der Waals surface area contributed by atoms with E-state index in [2.05, 4.69) is 10.2 Å². The van der Waals surface area contributed by atoms with Crippen LogP contribution < -0.4 is 5.32 Å². The summed E-state index contributed by atoms with van der Waals surface area (Å²) in [4.78, 5) is 13.6. The lowest BCUT2D eigenvalue weighted by atomic mass is 10.1. The largest absolute Gasteiger partial charge is 0.355 e. The Bertz CT molecular complexity index is 167. The Balaban J connectivity index is 2.10. The van der Waals surface area contributed by atoms with Crippen LogP contribution in [-0.2, 0) is 4.79 Å². The highest BCUT2D eigenvalue weighted by atomic mass is 32.2. The van der Waals surface area contributed by atoms with Crippen molar-refractivity contribution < 1.29 is 4.79 Å². The summed E-state index contributed by atoms with van der Waals surface area (Å²) >= 11 is 1.88. The SMILES string of the molecule is CN(C)CCNC(=O)C1CCSC1. The molecule has 1 fully saturated rings. The van der Waals surface area contributed by atoms with Crippen molar-refractivity contribution in [3.05, 3.63) is 0 Å². The Kier molecular flexibility index (Phi) is 4.59. The van der Waals surface area contributed by atoms with E-state index < -0.39 is 0 Å². The number of hydrogen-bond donors (Lipinski definition) is 1. The van der Waals surface area contributed by atoms with Crippen LogP contribution >= 0.6 is 11.8 Å². The monoisotopic (exact) mass is 202 g/mol. The molecule has 3 nitrogen and oxygen atoms in total. The molecular weight excluding hydrogens is 184 g/mol. The molecule has 13 heavy (non-hydrogen) atoms. The molecule has 1 heterocycles. The van der Waals surface area contributed by atoms with Crippen LogP contribution in [0.4, 0.5) is 0 Å². The molecule has 0 aromatic heterocycles. The zero-order valence-electron chi connectivity index (χ0n) is 8.38. The molecule has 1 amide bonds. The summed E-state index contributed by atoms with van der Waals surface area (Å²) < 4.78 is 0. The molecule has 1 atom stereocenters. The minimum Gasteiger partial charge on any atom is -0.355 e. The highest BCUT2D eigenvalue weighted by molar-refractivity contribution is 7.99. The fourth-order valence-electron chi connectivity index (χ4n) is 1.29. The topological polar surface area (TPSA) is 32.3 Å². The molecule has 1 aliphatic heterocycles. The van der Waals surface area contributed by atoms with Crippen molar-refractivity contribution in [2.24, 2.45) is 5.92 Å². The second-order valence-electron chi connectivity index (χ2n) is 3.65. The van der Waals surface area contributed by atoms with Gasteiger partial charge in [-0.3, -0.25) is 4.79 Å². The zero-order valence-corrected chi connectivity index (χ0v) is 9.19. The summed E-state index contributed by atoms with van der Waals surface area (Å²) in [5.74, 6) is 2.67. The first kappa shape index (κ1) is 10.9. The van der Waals surface area contributed by atoms with Crippen molar-refractivity contribution in [2.45, 2.75) is 6.42 Å². The smallest absolute Gasteiger partial charge is 0.224 e. The van der Waals surface area contributed by atoms with E-state index in [4.69, 9.17) is 0 Å². The highest BCUT2D eigenvalue weighted by Gasteiger charge is 2.22. The zero-order chi connectivity index (χ0) is 9.68. The molecule has 1 N–H and O–H groups in total. The van der Waals surface area contributed by atoms with E-state index in [0.29, 0.717) is 0 Å². The van der Waals surface area contributed by atoms with Crippen LogP contribution in [0.25, 0.3) is 0 Å². The van der Waals surface area contributed by atoms with Gasteiger partial charge in [-0.25, -0.2) is 0 Å². The molecule has 0 bridgehead atoms. The molecule has 0 spiro atoms. The van der Waals surface area contributed by atoms with Gasteiger partial charge in [0.2, 0.25) is 5.91 Å². The van der Waals surface area contributed by atoms with Crippen molar-refractivity contribution in [1.29, 1.82) is 0 Å². The third kappa shape index (κ3) is 4.00. The Morgan fingerprint density at radius 3 is 2.92 bits per heavy atom. The van der Waals surface area contributed by atoms with Crippen LogP contribution in [-0.4, -0.2) is 49.5 Å². The summed E-state index contributed by atoms with van der Waals surface area (Å²) in [5, 5.41) is 2.96. The van der Waals surface area contributed by atoms with E-state index in [9.17, 15) is 4.79 Å². The molecule has 4 heteroatoms. The number of nitrogens with one attached hydrogen (secondary N) is 1. The Morgan fingerprint density at radius 2 is 2.38 bits per heavy atom. The second kappa shape index (κ2) is 5.50. The van der Waals surface area contributed by atoms with E-state index in [-0.39, 0.29) is 11.8 Å². The van der Waals surface area contributed by atoms with Gasteiger partial charge >= 0.3 is 0 Å². The maximum Gasteiger partial charge on any atom is 0.224 e. The van der Waals surface area contributed by atoms with E-state index >= 15 is 0 Å². The van der Waals surface area contributed by atoms with Gasteiger partial charge in [-0.05, 0) is 26.3 Å². The number of hydrogen-bond acceptors (Lipinski definition) is 3. The molecule has 0 radical (unpaired) electrons. The number of carbonyl (C=O) groups is 1. The van der Waals surface area contributed by atoms with Crippen molar-refractivity contribution >= 4 is 17.7 Å². The molecule has 1 rings (SSSR count). The second-order valence-corrected chi connectivity index (χ2v) is 4.80. The maximum atomic E-state index is 11.5. The van der Waals surface area contributed by atoms with Crippen LogP contribution in [0, 0.1) is 5.92 Å². The van der Waals surface area contributed by atoms with Gasteiger partial charge in [0.15, 0.2) is 0 Å². The highest BCUT2D eigenvalue weighted by Crippen LogP contribution is 2.23. The van der Waals surface area contributed by atoms with E-state index in [1.54, 1.807) is 0 Å². The van der Waals surface area contributed by atoms with Gasteiger partial charge in [0.05, 0.1) is 0 Å². The van der Waals surface area contributed by atoms with Gasteiger partial charge in [0, 0.05) is 24.8 Å². The van der Waals surface area contributed by atoms with Crippen molar-refractivity contribution in [2.75, 3.05) is 38.7 Å². The average molecular weight is 202 g/mol. The molecule has 0 aliphatic carbocycles. The molecule has 1 unspecified atom stereocenters. The molecule has 0 aromatic carbocycles. The first-order valence-corrected chi connectivity index (χ1v) is 5.86. The summed E-state index contributed by atoms with van der Waals surface area (Å²) in [6.45, 7) is 1.69. The molecular formula is C9H18N2OS. The normalized spacial score (nSPS) is 22.2. The van der Waals surface area contributed by atoms with Gasteiger partial charge in [0.1, 0.15) is 0 Å². The van der Waals surface area contributed by atoms with E-state index in [0.717, 1.165) is 31.0 Å². The minimum absolute atomic E-state index is 0.242. The van der Waals surface area contributed by atoms with Gasteiger partial charge < -0.3 is 10.2 Å². The predicted octanol–water partition coefficient (Wildman–Crippen LogP) is 0.417. The number of rotatable bonds is 4. The molecule has 76 valence electrons. The van der Waals surface area contributed by atoms with Crippen molar-refractivity contribution in [3.63, 3.8) is 0 Å². The molecule has 1 saturated heterocycles. The fourth-order valence-corrected chi connectivity index (χ4v) is 2.51. The van der Waals surface area contributed by atoms with Crippen molar-refractivity contribution in [3.8, 4) is 0 Å². The Hall–Kier alpha value is -0.220. The lowest BCUT2D eigenvalue weighted by Crippen LogP contribution is -2.35. The first-order valence-electron chi connectivity index (χ1n) is 4.70. The van der Waals surface area contributed by atoms with Crippen LogP contribution in [0.5, 0.6) is 0 Å². The Labute approximate surface area is 84.2 Å². The number of amides is 1. The van der Waals surface area contributed by atoms with Crippen LogP contribution in [0.2, 0.25) is 0 Å².